The highest BCUT2D eigenvalue weighted by molar-refractivity contribution is 5.81. The fourth-order valence-corrected chi connectivity index (χ4v) is 1.45. The van der Waals surface area contributed by atoms with Gasteiger partial charge in [0.05, 0.1) is 7.11 Å². The van der Waals surface area contributed by atoms with Crippen LogP contribution in [0, 0.1) is 0 Å². The van der Waals surface area contributed by atoms with Gasteiger partial charge in [-0.15, -0.1) is 0 Å². The summed E-state index contributed by atoms with van der Waals surface area (Å²) in [6, 6.07) is 7.39. The molecule has 0 N–H and O–H groups in total. The van der Waals surface area contributed by atoms with E-state index in [1.54, 1.807) is 6.07 Å². The van der Waals surface area contributed by atoms with Gasteiger partial charge in [0.2, 0.25) is 0 Å². The average Bonchev–Trinajstić information content (AvgIpc) is 2.38. The Balaban J connectivity index is 2.43. The molecule has 0 aliphatic rings. The monoisotopic (exact) mass is 232 g/mol. The number of aldehydes is 1. The van der Waals surface area contributed by atoms with Gasteiger partial charge in [-0.1, -0.05) is 36.4 Å². The summed E-state index contributed by atoms with van der Waals surface area (Å²) in [5.41, 5.74) is 1.58. The Morgan fingerprint density at radius 2 is 2.00 bits per heavy atom. The van der Waals surface area contributed by atoms with Crippen LogP contribution in [0.5, 0.6) is 0 Å². The number of unbranched alkanes of at least 4 members (excludes halogenated alkanes) is 1. The van der Waals surface area contributed by atoms with Crippen LogP contribution in [-0.4, -0.2) is 19.4 Å². The number of esters is 1. The van der Waals surface area contributed by atoms with Crippen LogP contribution >= 0.6 is 0 Å². The van der Waals surface area contributed by atoms with Crippen molar-refractivity contribution in [2.24, 2.45) is 0 Å². The number of carbonyl (C=O) groups is 2. The van der Waals surface area contributed by atoms with Crippen molar-refractivity contribution in [2.75, 3.05) is 7.11 Å². The average molecular weight is 232 g/mol. The molecule has 3 nitrogen and oxygen atoms in total. The Morgan fingerprint density at radius 3 is 2.65 bits per heavy atom. The van der Waals surface area contributed by atoms with Crippen LogP contribution in [0.4, 0.5) is 0 Å². The van der Waals surface area contributed by atoms with Crippen molar-refractivity contribution in [3.8, 4) is 0 Å². The Bertz CT molecular complexity index is 408. The van der Waals surface area contributed by atoms with E-state index >= 15 is 0 Å². The number of hydrogen-bond donors (Lipinski definition) is 0. The molecule has 90 valence electrons. The van der Waals surface area contributed by atoms with Gasteiger partial charge in [0.25, 0.3) is 0 Å². The first-order valence-electron chi connectivity index (χ1n) is 5.55. The molecule has 0 radical (unpaired) electrons. The standard InChI is InChI=1S/C14H16O3/c1-17-14(16)10-4-2-3-7-12-8-5-6-9-13(12)11-15/h3,5-9,11H,2,4,10H2,1H3/b7-3-. The second kappa shape index (κ2) is 7.39. The fourth-order valence-electron chi connectivity index (χ4n) is 1.45. The third kappa shape index (κ3) is 4.64. The first-order chi connectivity index (χ1) is 8.27. The molecule has 0 amide bonds. The zero-order chi connectivity index (χ0) is 12.5. The van der Waals surface area contributed by atoms with Crippen LogP contribution in [0.15, 0.2) is 30.3 Å². The molecule has 0 fully saturated rings. The molecule has 0 aliphatic heterocycles. The first-order valence-corrected chi connectivity index (χ1v) is 5.55. The number of benzene rings is 1. The molecule has 0 bridgehead atoms. The maximum Gasteiger partial charge on any atom is 0.305 e. The molecule has 1 rings (SSSR count). The summed E-state index contributed by atoms with van der Waals surface area (Å²) < 4.78 is 4.54. The van der Waals surface area contributed by atoms with E-state index in [0.717, 1.165) is 24.7 Å². The third-order valence-corrected chi connectivity index (χ3v) is 2.40. The third-order valence-electron chi connectivity index (χ3n) is 2.40. The van der Waals surface area contributed by atoms with Gasteiger partial charge in [-0.05, 0) is 18.4 Å². The molecule has 0 unspecified atom stereocenters. The van der Waals surface area contributed by atoms with Gasteiger partial charge in [0.1, 0.15) is 0 Å². The zero-order valence-electron chi connectivity index (χ0n) is 9.89. The Labute approximate surface area is 101 Å². The quantitative estimate of drug-likeness (QED) is 0.430. The Morgan fingerprint density at radius 1 is 1.29 bits per heavy atom. The largest absolute Gasteiger partial charge is 0.469 e. The van der Waals surface area contributed by atoms with Gasteiger partial charge in [-0.25, -0.2) is 0 Å². The van der Waals surface area contributed by atoms with Crippen molar-refractivity contribution in [2.45, 2.75) is 19.3 Å². The molecule has 3 heteroatoms. The summed E-state index contributed by atoms with van der Waals surface area (Å²) in [5.74, 6) is -0.188. The van der Waals surface area contributed by atoms with Crippen molar-refractivity contribution in [3.05, 3.63) is 41.5 Å². The lowest BCUT2D eigenvalue weighted by molar-refractivity contribution is -0.140. The van der Waals surface area contributed by atoms with Crippen LogP contribution in [0.1, 0.15) is 35.2 Å². The van der Waals surface area contributed by atoms with E-state index in [4.69, 9.17) is 0 Å². The predicted molar refractivity (Wildman–Crippen MR) is 66.7 cm³/mol. The van der Waals surface area contributed by atoms with Crippen molar-refractivity contribution in [3.63, 3.8) is 0 Å². The lowest BCUT2D eigenvalue weighted by atomic mass is 10.1. The molecule has 0 heterocycles. The number of rotatable bonds is 6. The maximum atomic E-state index is 10.9. The zero-order valence-corrected chi connectivity index (χ0v) is 9.89. The lowest BCUT2D eigenvalue weighted by Gasteiger charge is -1.98. The minimum Gasteiger partial charge on any atom is -0.469 e. The number of carbonyl (C=O) groups excluding carboxylic acids is 2. The second-order valence-corrected chi connectivity index (χ2v) is 3.62. The molecule has 0 saturated carbocycles. The van der Waals surface area contributed by atoms with E-state index in [2.05, 4.69) is 4.74 Å². The van der Waals surface area contributed by atoms with Gasteiger partial charge in [-0.3, -0.25) is 9.59 Å². The van der Waals surface area contributed by atoms with Crippen LogP contribution in [0.3, 0.4) is 0 Å². The highest BCUT2D eigenvalue weighted by Crippen LogP contribution is 2.09. The van der Waals surface area contributed by atoms with Crippen molar-refractivity contribution >= 4 is 18.3 Å². The van der Waals surface area contributed by atoms with E-state index in [0.29, 0.717) is 12.0 Å². The van der Waals surface area contributed by atoms with Gasteiger partial charge < -0.3 is 4.74 Å². The number of ether oxygens (including phenoxy) is 1. The molecular formula is C14H16O3. The molecule has 0 atom stereocenters. The number of allylic oxidation sites excluding steroid dienone is 1. The molecule has 0 saturated heterocycles. The van der Waals surface area contributed by atoms with Crippen molar-refractivity contribution < 1.29 is 14.3 Å². The summed E-state index contributed by atoms with van der Waals surface area (Å²) in [7, 11) is 1.39. The minimum atomic E-state index is -0.188. The maximum absolute atomic E-state index is 10.9. The highest BCUT2D eigenvalue weighted by Gasteiger charge is 1.98. The van der Waals surface area contributed by atoms with Crippen LogP contribution < -0.4 is 0 Å². The first kappa shape index (κ1) is 13.2. The van der Waals surface area contributed by atoms with Crippen LogP contribution in [0.2, 0.25) is 0 Å². The van der Waals surface area contributed by atoms with E-state index in [1.165, 1.54) is 7.11 Å². The minimum absolute atomic E-state index is 0.188. The molecular weight excluding hydrogens is 216 g/mol. The summed E-state index contributed by atoms with van der Waals surface area (Å²) in [6.07, 6.45) is 6.69. The van der Waals surface area contributed by atoms with E-state index < -0.39 is 0 Å². The van der Waals surface area contributed by atoms with E-state index in [9.17, 15) is 9.59 Å². The second-order valence-electron chi connectivity index (χ2n) is 3.62. The highest BCUT2D eigenvalue weighted by atomic mass is 16.5. The molecule has 0 aliphatic carbocycles. The van der Waals surface area contributed by atoms with Crippen molar-refractivity contribution in [1.29, 1.82) is 0 Å². The van der Waals surface area contributed by atoms with Crippen LogP contribution in [0.25, 0.3) is 6.08 Å². The van der Waals surface area contributed by atoms with Crippen LogP contribution in [-0.2, 0) is 9.53 Å². The summed E-state index contributed by atoms with van der Waals surface area (Å²) >= 11 is 0. The SMILES string of the molecule is COC(=O)CCC/C=C\c1ccccc1C=O. The Kier molecular flexibility index (Phi) is 5.72. The molecule has 0 aromatic heterocycles. The molecule has 1 aromatic rings. The topological polar surface area (TPSA) is 43.4 Å². The summed E-state index contributed by atoms with van der Waals surface area (Å²) in [4.78, 5) is 21.6. The predicted octanol–water partition coefficient (Wildman–Crippen LogP) is 2.86. The summed E-state index contributed by atoms with van der Waals surface area (Å²) in [6.45, 7) is 0. The molecule has 17 heavy (non-hydrogen) atoms. The van der Waals surface area contributed by atoms with Gasteiger partial charge in [0, 0.05) is 12.0 Å². The van der Waals surface area contributed by atoms with Gasteiger partial charge in [-0.2, -0.15) is 0 Å². The van der Waals surface area contributed by atoms with E-state index in [-0.39, 0.29) is 5.97 Å². The number of methoxy groups -OCH3 is 1. The molecule has 1 aromatic carbocycles. The summed E-state index contributed by atoms with van der Waals surface area (Å²) in [5, 5.41) is 0. The Hall–Kier alpha value is -1.90. The molecule has 0 spiro atoms. The van der Waals surface area contributed by atoms with Gasteiger partial charge >= 0.3 is 5.97 Å². The van der Waals surface area contributed by atoms with Crippen molar-refractivity contribution in [1.82, 2.24) is 0 Å². The fraction of sp³-hybridized carbons (Fsp3) is 0.286. The lowest BCUT2D eigenvalue weighted by Crippen LogP contribution is -1.98. The normalized spacial score (nSPS) is 10.4. The number of hydrogen-bond acceptors (Lipinski definition) is 3. The van der Waals surface area contributed by atoms with E-state index in [1.807, 2.05) is 30.4 Å². The smallest absolute Gasteiger partial charge is 0.305 e. The van der Waals surface area contributed by atoms with Gasteiger partial charge in [0.15, 0.2) is 6.29 Å².